The Labute approximate surface area is 84.1 Å². The summed E-state index contributed by atoms with van der Waals surface area (Å²) in [6.07, 6.45) is 1.05. The number of aliphatic carboxylic acids is 1. The number of amides is 1. The number of carbonyl (C=O) groups excluding carboxylic acids is 1. The average molecular weight is 202 g/mol. The van der Waals surface area contributed by atoms with Crippen LogP contribution in [0.3, 0.4) is 0 Å². The molecule has 0 aromatic rings. The molecule has 0 aromatic carbocycles. The van der Waals surface area contributed by atoms with E-state index in [-0.39, 0.29) is 12.3 Å². The summed E-state index contributed by atoms with van der Waals surface area (Å²) in [4.78, 5) is 23.2. The van der Waals surface area contributed by atoms with Crippen molar-refractivity contribution in [1.29, 1.82) is 0 Å². The second kappa shape index (κ2) is 7.32. The second-order valence-electron chi connectivity index (χ2n) is 3.40. The van der Waals surface area contributed by atoms with Gasteiger partial charge in [-0.15, -0.1) is 0 Å². The molecule has 5 heteroatoms. The molecule has 0 saturated heterocycles. The Morgan fingerprint density at radius 2 is 1.93 bits per heavy atom. The molecule has 82 valence electrons. The van der Waals surface area contributed by atoms with Crippen molar-refractivity contribution >= 4 is 11.9 Å². The summed E-state index contributed by atoms with van der Waals surface area (Å²) in [7, 11) is 3.80. The van der Waals surface area contributed by atoms with Gasteiger partial charge in [-0.1, -0.05) is 0 Å². The Morgan fingerprint density at radius 3 is 2.43 bits per heavy atom. The van der Waals surface area contributed by atoms with Crippen molar-refractivity contribution in [1.82, 2.24) is 10.2 Å². The number of carboxylic acid groups (broad SMARTS) is 1. The molecule has 0 rings (SSSR count). The van der Waals surface area contributed by atoms with Gasteiger partial charge < -0.3 is 15.3 Å². The summed E-state index contributed by atoms with van der Waals surface area (Å²) in [5.74, 6) is -0.850. The van der Waals surface area contributed by atoms with E-state index in [2.05, 4.69) is 5.32 Å². The number of nitrogens with one attached hydrogen (secondary N) is 1. The van der Waals surface area contributed by atoms with Crippen LogP contribution in [0.5, 0.6) is 0 Å². The fourth-order valence-electron chi connectivity index (χ4n) is 0.881. The molecule has 0 aromatic heterocycles. The van der Waals surface area contributed by atoms with E-state index in [1.54, 1.807) is 0 Å². The van der Waals surface area contributed by atoms with E-state index >= 15 is 0 Å². The minimum absolute atomic E-state index is 0.0240. The summed E-state index contributed by atoms with van der Waals surface area (Å²) in [5, 5.41) is 11.0. The van der Waals surface area contributed by atoms with Gasteiger partial charge in [-0.3, -0.25) is 9.59 Å². The number of carbonyl (C=O) groups is 2. The molecule has 0 unspecified atom stereocenters. The highest BCUT2D eigenvalue weighted by Gasteiger charge is 2.02. The van der Waals surface area contributed by atoms with Gasteiger partial charge in [0.05, 0.1) is 0 Å². The number of nitrogens with zero attached hydrogens (tertiary/aromatic N) is 1. The first-order chi connectivity index (χ1) is 6.52. The normalized spacial score (nSPS) is 10.2. The molecule has 0 aliphatic carbocycles. The van der Waals surface area contributed by atoms with E-state index in [9.17, 15) is 9.59 Å². The molecule has 14 heavy (non-hydrogen) atoms. The van der Waals surface area contributed by atoms with Gasteiger partial charge in [-0.25, -0.2) is 0 Å². The first-order valence-corrected chi connectivity index (χ1v) is 4.65. The Balaban J connectivity index is 3.31. The average Bonchev–Trinajstić information content (AvgIpc) is 2.08. The van der Waals surface area contributed by atoms with Gasteiger partial charge in [-0.05, 0) is 20.5 Å². The van der Waals surface area contributed by atoms with E-state index in [4.69, 9.17) is 5.11 Å². The first kappa shape index (κ1) is 12.9. The smallest absolute Gasteiger partial charge is 0.303 e. The fraction of sp³-hybridized carbons (Fsp3) is 0.778. The highest BCUT2D eigenvalue weighted by atomic mass is 16.4. The summed E-state index contributed by atoms with van der Waals surface area (Å²) in [6, 6.07) is 0. The quantitative estimate of drug-likeness (QED) is 0.566. The number of rotatable bonds is 7. The third-order valence-corrected chi connectivity index (χ3v) is 1.68. The van der Waals surface area contributed by atoms with E-state index < -0.39 is 5.97 Å². The maximum atomic E-state index is 11.1. The third kappa shape index (κ3) is 8.99. The molecule has 0 atom stereocenters. The predicted molar refractivity (Wildman–Crippen MR) is 53.1 cm³/mol. The van der Waals surface area contributed by atoms with E-state index in [1.165, 1.54) is 0 Å². The van der Waals surface area contributed by atoms with E-state index in [0.29, 0.717) is 25.9 Å². The zero-order chi connectivity index (χ0) is 11.0. The summed E-state index contributed by atoms with van der Waals surface area (Å²) >= 11 is 0. The first-order valence-electron chi connectivity index (χ1n) is 4.65. The van der Waals surface area contributed by atoms with Gasteiger partial charge >= 0.3 is 5.97 Å². The molecule has 0 radical (unpaired) electrons. The Morgan fingerprint density at radius 1 is 1.29 bits per heavy atom. The molecule has 0 aliphatic rings. The second-order valence-corrected chi connectivity index (χ2v) is 3.40. The van der Waals surface area contributed by atoms with Crippen molar-refractivity contribution in [3.8, 4) is 0 Å². The number of carboxylic acids is 1. The summed E-state index contributed by atoms with van der Waals surface area (Å²) in [6.45, 7) is 1.16. The Hall–Kier alpha value is -1.10. The highest BCUT2D eigenvalue weighted by Crippen LogP contribution is 1.88. The zero-order valence-corrected chi connectivity index (χ0v) is 8.75. The van der Waals surface area contributed by atoms with Crippen molar-refractivity contribution in [3.05, 3.63) is 0 Å². The molecule has 2 N–H and O–H groups in total. The number of hydrogen-bond acceptors (Lipinski definition) is 3. The van der Waals surface area contributed by atoms with Crippen LogP contribution < -0.4 is 5.32 Å². The largest absolute Gasteiger partial charge is 0.481 e. The molecular formula is C9H18N2O3. The third-order valence-electron chi connectivity index (χ3n) is 1.68. The van der Waals surface area contributed by atoms with Crippen molar-refractivity contribution in [2.45, 2.75) is 19.3 Å². The van der Waals surface area contributed by atoms with E-state index in [1.807, 2.05) is 19.0 Å². The Bertz CT molecular complexity index is 192. The maximum absolute atomic E-state index is 11.1. The van der Waals surface area contributed by atoms with Crippen LogP contribution in [0.25, 0.3) is 0 Å². The lowest BCUT2D eigenvalue weighted by molar-refractivity contribution is -0.137. The summed E-state index contributed by atoms with van der Waals surface area (Å²) in [5.41, 5.74) is 0. The molecule has 5 nitrogen and oxygen atoms in total. The van der Waals surface area contributed by atoms with Crippen molar-refractivity contribution in [2.75, 3.05) is 27.2 Å². The monoisotopic (exact) mass is 202 g/mol. The SMILES string of the molecule is CN(C)CCC(=O)NCCCC(=O)O. The lowest BCUT2D eigenvalue weighted by atomic mass is 10.3. The zero-order valence-electron chi connectivity index (χ0n) is 8.75. The molecule has 0 bridgehead atoms. The van der Waals surface area contributed by atoms with Crippen LogP contribution in [0.15, 0.2) is 0 Å². The van der Waals surface area contributed by atoms with Gasteiger partial charge in [-0.2, -0.15) is 0 Å². The lowest BCUT2D eigenvalue weighted by Crippen LogP contribution is -2.28. The molecule has 1 amide bonds. The molecule has 0 saturated carbocycles. The van der Waals surface area contributed by atoms with Gasteiger partial charge in [0.2, 0.25) is 5.91 Å². The summed E-state index contributed by atoms with van der Waals surface area (Å²) < 4.78 is 0. The van der Waals surface area contributed by atoms with Gasteiger partial charge in [0.15, 0.2) is 0 Å². The number of hydrogen-bond donors (Lipinski definition) is 2. The van der Waals surface area contributed by atoms with Gasteiger partial charge in [0.25, 0.3) is 0 Å². The molecule has 0 heterocycles. The standard InChI is InChI=1S/C9H18N2O3/c1-11(2)7-5-8(12)10-6-3-4-9(13)14/h3-7H2,1-2H3,(H,10,12)(H,13,14). The van der Waals surface area contributed by atoms with Crippen LogP contribution in [-0.2, 0) is 9.59 Å². The molecule has 0 fully saturated rings. The maximum Gasteiger partial charge on any atom is 0.303 e. The lowest BCUT2D eigenvalue weighted by Gasteiger charge is -2.09. The molecule has 0 spiro atoms. The molecule has 0 aliphatic heterocycles. The predicted octanol–water partition coefficient (Wildman–Crippen LogP) is -0.0809. The van der Waals surface area contributed by atoms with Crippen LogP contribution in [0.4, 0.5) is 0 Å². The van der Waals surface area contributed by atoms with Crippen LogP contribution >= 0.6 is 0 Å². The van der Waals surface area contributed by atoms with Crippen molar-refractivity contribution in [2.24, 2.45) is 0 Å². The van der Waals surface area contributed by atoms with Crippen LogP contribution in [0.2, 0.25) is 0 Å². The highest BCUT2D eigenvalue weighted by molar-refractivity contribution is 5.76. The molecular weight excluding hydrogens is 184 g/mol. The van der Waals surface area contributed by atoms with E-state index in [0.717, 1.165) is 0 Å². The van der Waals surface area contributed by atoms with Gasteiger partial charge in [0, 0.05) is 25.9 Å². The van der Waals surface area contributed by atoms with Crippen LogP contribution in [0, 0.1) is 0 Å². The van der Waals surface area contributed by atoms with Crippen LogP contribution in [0.1, 0.15) is 19.3 Å². The Kier molecular flexibility index (Phi) is 6.74. The van der Waals surface area contributed by atoms with Crippen LogP contribution in [-0.4, -0.2) is 49.1 Å². The van der Waals surface area contributed by atoms with Crippen molar-refractivity contribution in [3.63, 3.8) is 0 Å². The van der Waals surface area contributed by atoms with Gasteiger partial charge in [0.1, 0.15) is 0 Å². The van der Waals surface area contributed by atoms with Crippen molar-refractivity contribution < 1.29 is 14.7 Å². The minimum Gasteiger partial charge on any atom is -0.481 e. The minimum atomic E-state index is -0.826. The fourth-order valence-corrected chi connectivity index (χ4v) is 0.881. The topological polar surface area (TPSA) is 69.6 Å².